The molecule has 1 unspecified atom stereocenters. The molecule has 0 saturated carbocycles. The Morgan fingerprint density at radius 1 is 1.43 bits per heavy atom. The van der Waals surface area contributed by atoms with Crippen LogP contribution in [0.15, 0.2) is 23.2 Å². The van der Waals surface area contributed by atoms with Crippen molar-refractivity contribution in [3.63, 3.8) is 0 Å². The zero-order valence-corrected chi connectivity index (χ0v) is 20.7. The van der Waals surface area contributed by atoms with Crippen molar-refractivity contribution in [3.8, 4) is 0 Å². The number of carboxylic acid groups (broad SMARTS) is 1. The van der Waals surface area contributed by atoms with Crippen molar-refractivity contribution in [1.82, 2.24) is 14.3 Å². The van der Waals surface area contributed by atoms with E-state index in [9.17, 15) is 19.8 Å². The van der Waals surface area contributed by atoms with Crippen molar-refractivity contribution in [2.75, 3.05) is 12.5 Å². The number of hydrogen-bond acceptors (Lipinski definition) is 7. The third kappa shape index (κ3) is 2.91. The summed E-state index contributed by atoms with van der Waals surface area (Å²) in [7, 11) is 1.23. The Kier molecular flexibility index (Phi) is 6.32. The van der Waals surface area contributed by atoms with E-state index in [0.717, 1.165) is 14.9 Å². The van der Waals surface area contributed by atoms with Gasteiger partial charge in [0.1, 0.15) is 17.0 Å². The molecule has 4 rings (SSSR count). The number of amides is 1. The number of carbonyl (C=O) groups is 2. The number of fused-ring (bicyclic) bond motifs is 2. The third-order valence-corrected chi connectivity index (χ3v) is 9.80. The van der Waals surface area contributed by atoms with Crippen LogP contribution in [-0.2, 0) is 9.59 Å². The van der Waals surface area contributed by atoms with Crippen LogP contribution in [0, 0.1) is 11.8 Å². The molecule has 0 aliphatic carbocycles. The van der Waals surface area contributed by atoms with Gasteiger partial charge in [-0.05, 0) is 13.2 Å². The minimum Gasteiger partial charge on any atom is -0.543 e. The second-order valence-corrected chi connectivity index (χ2v) is 11.2. The minimum absolute atomic E-state index is 0. The Hall–Kier alpha value is -0.490. The molecule has 11 heteroatoms. The molecule has 1 fully saturated rings. The van der Waals surface area contributed by atoms with Crippen LogP contribution in [0.5, 0.6) is 0 Å². The SMILES string of the molecule is CSc1ncc2n1cc(C1=C(C(=O)[O-])N3C(=O)[C@H]([C@@H](C)O)[C@H]3[C@H]1C)[s+]2SC.[Na+]. The van der Waals surface area contributed by atoms with Gasteiger partial charge < -0.3 is 19.9 Å². The maximum atomic E-state index is 12.5. The van der Waals surface area contributed by atoms with Gasteiger partial charge in [-0.1, -0.05) is 18.7 Å². The number of aliphatic hydroxyl groups is 1. The second kappa shape index (κ2) is 7.98. The summed E-state index contributed by atoms with van der Waals surface area (Å²) in [6.45, 7) is 3.50. The van der Waals surface area contributed by atoms with E-state index in [4.69, 9.17) is 0 Å². The number of aliphatic hydroxyl groups excluding tert-OH is 1. The Bertz CT molecular complexity index is 999. The number of hydrogen-bond donors (Lipinski definition) is 1. The largest absolute Gasteiger partial charge is 1.00 e. The fourth-order valence-electron chi connectivity index (χ4n) is 4.24. The molecule has 0 aromatic carbocycles. The van der Waals surface area contributed by atoms with Crippen LogP contribution in [0.2, 0.25) is 0 Å². The van der Waals surface area contributed by atoms with Crippen LogP contribution in [0.4, 0.5) is 0 Å². The Labute approximate surface area is 195 Å². The van der Waals surface area contributed by atoms with Gasteiger partial charge in [0, 0.05) is 17.7 Å². The first kappa shape index (κ1) is 22.2. The summed E-state index contributed by atoms with van der Waals surface area (Å²) in [5.74, 6) is -2.46. The molecule has 2 aliphatic heterocycles. The van der Waals surface area contributed by atoms with Crippen LogP contribution in [-0.4, -0.2) is 55.9 Å². The Morgan fingerprint density at radius 3 is 2.64 bits per heavy atom. The Balaban J connectivity index is 0.00000225. The van der Waals surface area contributed by atoms with Gasteiger partial charge in [-0.25, -0.2) is 9.38 Å². The van der Waals surface area contributed by atoms with Gasteiger partial charge in [0.2, 0.25) is 10.8 Å². The number of β-lactam (4-membered cyclic amide) rings is 1. The van der Waals surface area contributed by atoms with Crippen LogP contribution in [0.25, 0.3) is 10.4 Å². The summed E-state index contributed by atoms with van der Waals surface area (Å²) in [6, 6.07) is -0.341. The van der Waals surface area contributed by atoms with Gasteiger partial charge in [0.25, 0.3) is 4.83 Å². The predicted octanol–water partition coefficient (Wildman–Crippen LogP) is -1.75. The molecule has 4 heterocycles. The smallest absolute Gasteiger partial charge is 0.543 e. The summed E-state index contributed by atoms with van der Waals surface area (Å²) >= 11 is 1.52. The summed E-state index contributed by atoms with van der Waals surface area (Å²) in [6.07, 6.45) is 6.88. The third-order valence-electron chi connectivity index (χ3n) is 5.35. The molecule has 2 aromatic rings. The maximum absolute atomic E-state index is 12.5. The molecule has 5 atom stereocenters. The van der Waals surface area contributed by atoms with Gasteiger partial charge in [-0.3, -0.25) is 4.79 Å². The summed E-state index contributed by atoms with van der Waals surface area (Å²) in [5.41, 5.74) is 0.599. The zero-order valence-electron chi connectivity index (χ0n) is 16.2. The first-order chi connectivity index (χ1) is 12.8. The molecule has 0 bridgehead atoms. The maximum Gasteiger partial charge on any atom is 1.00 e. The molecule has 28 heavy (non-hydrogen) atoms. The van der Waals surface area contributed by atoms with E-state index in [1.807, 2.05) is 36.2 Å². The van der Waals surface area contributed by atoms with E-state index < -0.39 is 27.5 Å². The van der Waals surface area contributed by atoms with Gasteiger partial charge in [0.05, 0.1) is 45.4 Å². The number of aliphatic carboxylic acids is 1. The standard InChI is InChI=1S/C17H19N3O4S3.Na/c1-7-11(9-6-19-10(27(9)26-4)5-18-17(19)25-3)14(16(23)24)20-13(7)12(8(2)21)15(20)22;/h5-8,12-13,21H,1-4H3;/q;+1/t7-,8+,12+,13+,27?;/m0./s1. The number of aromatic nitrogens is 2. The van der Waals surface area contributed by atoms with Gasteiger partial charge in [-0.2, -0.15) is 0 Å². The van der Waals surface area contributed by atoms with Crippen molar-refractivity contribution >= 4 is 54.3 Å². The fourth-order valence-corrected chi connectivity index (χ4v) is 8.35. The van der Waals surface area contributed by atoms with E-state index in [0.29, 0.717) is 5.57 Å². The average molecular weight is 449 g/mol. The number of thiazole rings is 1. The van der Waals surface area contributed by atoms with Gasteiger partial charge in [-0.15, -0.1) is 0 Å². The van der Waals surface area contributed by atoms with E-state index in [1.165, 1.54) is 16.7 Å². The van der Waals surface area contributed by atoms with Crippen molar-refractivity contribution in [2.45, 2.75) is 31.1 Å². The molecule has 1 amide bonds. The van der Waals surface area contributed by atoms with E-state index in [-0.39, 0.29) is 53.1 Å². The summed E-state index contributed by atoms with van der Waals surface area (Å²) < 4.78 is 2.00. The van der Waals surface area contributed by atoms with Crippen LogP contribution in [0.3, 0.4) is 0 Å². The van der Waals surface area contributed by atoms with Crippen molar-refractivity contribution in [2.24, 2.45) is 11.8 Å². The van der Waals surface area contributed by atoms with Crippen molar-refractivity contribution in [3.05, 3.63) is 23.0 Å². The number of rotatable bonds is 5. The minimum atomic E-state index is -1.35. The van der Waals surface area contributed by atoms with Crippen LogP contribution < -0.4 is 34.7 Å². The summed E-state index contributed by atoms with van der Waals surface area (Å²) in [4.78, 5) is 32.1. The molecule has 1 N–H and O–H groups in total. The average Bonchev–Trinajstić information content (AvgIpc) is 3.22. The van der Waals surface area contributed by atoms with Crippen molar-refractivity contribution in [1.29, 1.82) is 0 Å². The number of carbonyl (C=O) groups excluding carboxylic acids is 2. The first-order valence-corrected chi connectivity index (χ1v) is 12.6. The van der Waals surface area contributed by atoms with Crippen molar-refractivity contribution < 1.29 is 49.4 Å². The molecule has 2 aliphatic rings. The van der Waals surface area contributed by atoms with E-state index in [2.05, 4.69) is 4.98 Å². The van der Waals surface area contributed by atoms with Gasteiger partial charge >= 0.3 is 29.6 Å². The molecule has 7 nitrogen and oxygen atoms in total. The molecule has 0 spiro atoms. The van der Waals surface area contributed by atoms with Crippen LogP contribution in [0.1, 0.15) is 18.7 Å². The van der Waals surface area contributed by atoms with Crippen LogP contribution >= 0.6 is 32.1 Å². The molecular formula is C17H19N3NaO4S3+. The zero-order chi connectivity index (χ0) is 19.6. The number of imidazole rings is 1. The first-order valence-electron chi connectivity index (χ1n) is 8.42. The normalized spacial score (nSPS) is 25.6. The monoisotopic (exact) mass is 448 g/mol. The number of thioether (sulfide) groups is 1. The molecular weight excluding hydrogens is 429 g/mol. The molecule has 144 valence electrons. The quantitative estimate of drug-likeness (QED) is 0.191. The predicted molar refractivity (Wildman–Crippen MR) is 105 cm³/mol. The number of nitrogens with zero attached hydrogens (tertiary/aromatic N) is 3. The fraction of sp³-hybridized carbons (Fsp3) is 0.471. The molecule has 0 radical (unpaired) electrons. The molecule has 2 aromatic heterocycles. The molecule has 1 saturated heterocycles. The topological polar surface area (TPSA) is 98.0 Å². The van der Waals surface area contributed by atoms with E-state index in [1.54, 1.807) is 17.7 Å². The van der Waals surface area contributed by atoms with Gasteiger partial charge in [0.15, 0.2) is 5.16 Å². The summed E-state index contributed by atoms with van der Waals surface area (Å²) in [5, 5.41) is 22.8. The number of carboxylic acids is 1. The second-order valence-electron chi connectivity index (χ2n) is 6.69. The van der Waals surface area contributed by atoms with E-state index >= 15 is 0 Å². The Morgan fingerprint density at radius 2 is 2.11 bits per heavy atom.